The van der Waals surface area contributed by atoms with Crippen LogP contribution in [0.3, 0.4) is 0 Å². The van der Waals surface area contributed by atoms with Gasteiger partial charge in [0.15, 0.2) is 0 Å². The molecule has 2 aromatic carbocycles. The van der Waals surface area contributed by atoms with Crippen molar-refractivity contribution in [3.63, 3.8) is 0 Å². The number of fused-ring (bicyclic) bond motifs is 5. The SMILES string of the molecule is CC1(C)CCCC(C)(C)C1c1nc2ccccc2c2nc3ccccc3n12. The lowest BCUT2D eigenvalue weighted by Gasteiger charge is -2.49. The molecule has 3 heteroatoms. The molecule has 0 unspecified atom stereocenters. The van der Waals surface area contributed by atoms with Crippen LogP contribution in [0.15, 0.2) is 48.5 Å². The predicted octanol–water partition coefficient (Wildman–Crippen LogP) is 6.36. The van der Waals surface area contributed by atoms with Gasteiger partial charge in [-0.3, -0.25) is 4.40 Å². The van der Waals surface area contributed by atoms with Crippen molar-refractivity contribution in [1.29, 1.82) is 0 Å². The van der Waals surface area contributed by atoms with Crippen molar-refractivity contribution >= 4 is 27.6 Å². The quantitative estimate of drug-likeness (QED) is 0.397. The van der Waals surface area contributed by atoms with Crippen LogP contribution >= 0.6 is 0 Å². The zero-order valence-electron chi connectivity index (χ0n) is 16.7. The topological polar surface area (TPSA) is 30.2 Å². The van der Waals surface area contributed by atoms with Gasteiger partial charge in [0.25, 0.3) is 0 Å². The third-order valence-electron chi connectivity index (χ3n) is 6.63. The summed E-state index contributed by atoms with van der Waals surface area (Å²) in [5.74, 6) is 1.55. The average Bonchev–Trinajstić information content (AvgIpc) is 3.00. The van der Waals surface area contributed by atoms with Crippen molar-refractivity contribution in [2.24, 2.45) is 10.8 Å². The lowest BCUT2D eigenvalue weighted by Crippen LogP contribution is -2.40. The van der Waals surface area contributed by atoms with Gasteiger partial charge in [0, 0.05) is 11.3 Å². The van der Waals surface area contributed by atoms with Crippen molar-refractivity contribution in [2.75, 3.05) is 0 Å². The van der Waals surface area contributed by atoms with Crippen molar-refractivity contribution in [1.82, 2.24) is 14.4 Å². The van der Waals surface area contributed by atoms with Crippen molar-refractivity contribution < 1.29 is 0 Å². The highest BCUT2D eigenvalue weighted by molar-refractivity contribution is 5.96. The van der Waals surface area contributed by atoms with E-state index in [1.54, 1.807) is 0 Å². The van der Waals surface area contributed by atoms with Crippen molar-refractivity contribution in [2.45, 2.75) is 52.9 Å². The zero-order valence-corrected chi connectivity index (χ0v) is 16.7. The fourth-order valence-corrected chi connectivity index (χ4v) is 5.61. The molecule has 27 heavy (non-hydrogen) atoms. The lowest BCUT2D eigenvalue weighted by atomic mass is 9.57. The number of para-hydroxylation sites is 3. The van der Waals surface area contributed by atoms with Gasteiger partial charge in [0.2, 0.25) is 0 Å². The standard InChI is InChI=1S/C24H27N3/c1-23(2)14-9-15-24(3,4)20(23)22-25-17-11-6-5-10-16(17)21-26-18-12-7-8-13-19(18)27(21)22/h5-8,10-13,20H,9,14-15H2,1-4H3. The van der Waals surface area contributed by atoms with Gasteiger partial charge in [0.1, 0.15) is 11.5 Å². The number of imidazole rings is 1. The predicted molar refractivity (Wildman–Crippen MR) is 112 cm³/mol. The fourth-order valence-electron chi connectivity index (χ4n) is 5.61. The lowest BCUT2D eigenvalue weighted by molar-refractivity contribution is 0.0666. The summed E-state index contributed by atoms with van der Waals surface area (Å²) >= 11 is 0. The number of aromatic nitrogens is 3. The monoisotopic (exact) mass is 357 g/mol. The Morgan fingerprint density at radius 1 is 0.815 bits per heavy atom. The Bertz CT molecular complexity index is 1150. The van der Waals surface area contributed by atoms with Crippen LogP contribution in [-0.2, 0) is 0 Å². The van der Waals surface area contributed by atoms with E-state index in [2.05, 4.69) is 80.6 Å². The molecule has 0 N–H and O–H groups in total. The summed E-state index contributed by atoms with van der Waals surface area (Å²) in [6.07, 6.45) is 3.77. The van der Waals surface area contributed by atoms with Gasteiger partial charge >= 0.3 is 0 Å². The van der Waals surface area contributed by atoms with Crippen LogP contribution in [0, 0.1) is 10.8 Å². The Kier molecular flexibility index (Phi) is 3.43. The van der Waals surface area contributed by atoms with Crippen LogP contribution in [0.4, 0.5) is 0 Å². The summed E-state index contributed by atoms with van der Waals surface area (Å²) < 4.78 is 2.34. The fraction of sp³-hybridized carbons (Fsp3) is 0.417. The van der Waals surface area contributed by atoms with Crippen LogP contribution in [0.1, 0.15) is 58.7 Å². The molecule has 1 aliphatic carbocycles. The molecule has 0 atom stereocenters. The maximum absolute atomic E-state index is 5.26. The molecule has 1 saturated carbocycles. The first-order chi connectivity index (χ1) is 12.9. The third-order valence-corrected chi connectivity index (χ3v) is 6.63. The van der Waals surface area contributed by atoms with Crippen molar-refractivity contribution in [3.05, 3.63) is 54.4 Å². The summed E-state index contributed by atoms with van der Waals surface area (Å²) in [7, 11) is 0. The molecule has 0 amide bonds. The molecule has 0 saturated heterocycles. The molecule has 0 bridgehead atoms. The zero-order chi connectivity index (χ0) is 18.8. The maximum Gasteiger partial charge on any atom is 0.148 e. The molecular weight excluding hydrogens is 330 g/mol. The van der Waals surface area contributed by atoms with E-state index in [1.807, 2.05) is 0 Å². The molecule has 1 fully saturated rings. The second-order valence-electron chi connectivity index (χ2n) is 9.51. The molecule has 0 aliphatic heterocycles. The Hall–Kier alpha value is -2.42. The van der Waals surface area contributed by atoms with Gasteiger partial charge in [-0.05, 0) is 47.9 Å². The number of rotatable bonds is 1. The third kappa shape index (κ3) is 2.40. The van der Waals surface area contributed by atoms with Gasteiger partial charge in [-0.25, -0.2) is 9.97 Å². The summed E-state index contributed by atoms with van der Waals surface area (Å²) in [5.41, 5.74) is 4.70. The van der Waals surface area contributed by atoms with E-state index < -0.39 is 0 Å². The molecule has 0 radical (unpaired) electrons. The van der Waals surface area contributed by atoms with Crippen LogP contribution < -0.4 is 0 Å². The van der Waals surface area contributed by atoms with Crippen LogP contribution in [-0.4, -0.2) is 14.4 Å². The van der Waals surface area contributed by atoms with E-state index in [-0.39, 0.29) is 10.8 Å². The minimum Gasteiger partial charge on any atom is -0.279 e. The molecule has 2 heterocycles. The summed E-state index contributed by atoms with van der Waals surface area (Å²) in [6, 6.07) is 16.9. The highest BCUT2D eigenvalue weighted by Crippen LogP contribution is 2.56. The van der Waals surface area contributed by atoms with E-state index in [1.165, 1.54) is 25.1 Å². The largest absolute Gasteiger partial charge is 0.279 e. The van der Waals surface area contributed by atoms with Crippen LogP contribution in [0.2, 0.25) is 0 Å². The average molecular weight is 358 g/mol. The van der Waals surface area contributed by atoms with Gasteiger partial charge < -0.3 is 0 Å². The summed E-state index contributed by atoms with van der Waals surface area (Å²) in [6.45, 7) is 9.67. The molecule has 5 rings (SSSR count). The molecular formula is C24H27N3. The first-order valence-corrected chi connectivity index (χ1v) is 10.0. The second kappa shape index (κ2) is 5.54. The first kappa shape index (κ1) is 16.7. The number of nitrogens with zero attached hydrogens (tertiary/aromatic N) is 3. The molecule has 138 valence electrons. The summed E-state index contributed by atoms with van der Waals surface area (Å²) in [4.78, 5) is 10.3. The highest BCUT2D eigenvalue weighted by Gasteiger charge is 2.46. The Balaban J connectivity index is 1.96. The van der Waals surface area contributed by atoms with Crippen LogP contribution in [0.25, 0.3) is 27.6 Å². The minimum atomic E-state index is 0.204. The van der Waals surface area contributed by atoms with Gasteiger partial charge in [-0.1, -0.05) is 58.4 Å². The Morgan fingerprint density at radius 3 is 2.19 bits per heavy atom. The van der Waals surface area contributed by atoms with E-state index >= 15 is 0 Å². The van der Waals surface area contributed by atoms with E-state index in [0.717, 1.165) is 27.6 Å². The number of benzene rings is 2. The first-order valence-electron chi connectivity index (χ1n) is 10.0. The maximum atomic E-state index is 5.26. The smallest absolute Gasteiger partial charge is 0.148 e. The molecule has 1 aliphatic rings. The molecule has 2 aromatic heterocycles. The number of hydrogen-bond donors (Lipinski definition) is 0. The van der Waals surface area contributed by atoms with Gasteiger partial charge in [-0.15, -0.1) is 0 Å². The highest BCUT2D eigenvalue weighted by atomic mass is 15.1. The van der Waals surface area contributed by atoms with Crippen molar-refractivity contribution in [3.8, 4) is 0 Å². The van der Waals surface area contributed by atoms with Gasteiger partial charge in [0.05, 0.1) is 16.6 Å². The normalized spacial score (nSPS) is 19.9. The van der Waals surface area contributed by atoms with E-state index in [0.29, 0.717) is 5.92 Å². The minimum absolute atomic E-state index is 0.204. The van der Waals surface area contributed by atoms with Crippen LogP contribution in [0.5, 0.6) is 0 Å². The molecule has 3 nitrogen and oxygen atoms in total. The second-order valence-corrected chi connectivity index (χ2v) is 9.51. The van der Waals surface area contributed by atoms with E-state index in [4.69, 9.17) is 9.97 Å². The molecule has 0 spiro atoms. The Labute approximate surface area is 160 Å². The molecule has 4 aromatic rings. The van der Waals surface area contributed by atoms with Gasteiger partial charge in [-0.2, -0.15) is 0 Å². The van der Waals surface area contributed by atoms with E-state index in [9.17, 15) is 0 Å². The number of hydrogen-bond acceptors (Lipinski definition) is 2. The Morgan fingerprint density at radius 2 is 1.44 bits per heavy atom. The summed E-state index contributed by atoms with van der Waals surface area (Å²) in [5, 5.41) is 1.13.